The zero-order valence-corrected chi connectivity index (χ0v) is 8.43. The molecule has 0 aliphatic heterocycles. The normalized spacial score (nSPS) is 10.5. The van der Waals surface area contributed by atoms with E-state index in [2.05, 4.69) is 6.58 Å². The number of halogens is 4. The molecule has 0 unspecified atom stereocenters. The van der Waals surface area contributed by atoms with Crippen molar-refractivity contribution in [2.45, 2.75) is 20.3 Å². The molecule has 0 heterocycles. The second-order valence-corrected chi connectivity index (χ2v) is 3.49. The highest BCUT2D eigenvalue weighted by molar-refractivity contribution is 5.31. The maximum Gasteiger partial charge on any atom is 0.165 e. The lowest BCUT2D eigenvalue weighted by atomic mass is 10.0. The fourth-order valence-electron chi connectivity index (χ4n) is 1.24. The maximum absolute atomic E-state index is 13.2. The summed E-state index contributed by atoms with van der Waals surface area (Å²) in [5.41, 5.74) is -0.825. The third kappa shape index (κ3) is 2.03. The molecule has 0 N–H and O–H groups in total. The van der Waals surface area contributed by atoms with Crippen molar-refractivity contribution in [3.05, 3.63) is 46.5 Å². The number of hydrogen-bond donors (Lipinski definition) is 0. The highest BCUT2D eigenvalue weighted by Gasteiger charge is 2.22. The van der Waals surface area contributed by atoms with Crippen molar-refractivity contribution in [1.82, 2.24) is 0 Å². The van der Waals surface area contributed by atoms with E-state index >= 15 is 0 Å². The van der Waals surface area contributed by atoms with E-state index in [0.29, 0.717) is 5.57 Å². The Morgan fingerprint density at radius 3 is 1.73 bits per heavy atom. The van der Waals surface area contributed by atoms with E-state index in [-0.39, 0.29) is 6.42 Å². The van der Waals surface area contributed by atoms with Crippen molar-refractivity contribution in [1.29, 1.82) is 0 Å². The summed E-state index contributed by atoms with van der Waals surface area (Å²) >= 11 is 0. The van der Waals surface area contributed by atoms with Gasteiger partial charge in [-0.25, -0.2) is 17.6 Å². The molecule has 82 valence electrons. The Bertz CT molecular complexity index is 392. The van der Waals surface area contributed by atoms with E-state index in [1.165, 1.54) is 6.92 Å². The molecule has 4 heteroatoms. The molecule has 1 rings (SSSR count). The van der Waals surface area contributed by atoms with Crippen LogP contribution in [0.25, 0.3) is 0 Å². The van der Waals surface area contributed by atoms with E-state index in [9.17, 15) is 17.6 Å². The average molecular weight is 218 g/mol. The summed E-state index contributed by atoms with van der Waals surface area (Å²) in [4.78, 5) is 0. The standard InChI is InChI=1S/C11H10F4/c1-5(2)4-7-10(14)8(12)6(3)9(13)11(7)15/h1,4H2,2-3H3. The molecule has 0 nitrogen and oxygen atoms in total. The quantitative estimate of drug-likeness (QED) is 0.403. The molecule has 0 atom stereocenters. The van der Waals surface area contributed by atoms with Gasteiger partial charge in [-0.3, -0.25) is 0 Å². The second-order valence-electron chi connectivity index (χ2n) is 3.49. The minimum absolute atomic E-state index is 0.216. The first-order valence-corrected chi connectivity index (χ1v) is 4.32. The summed E-state index contributed by atoms with van der Waals surface area (Å²) in [6.45, 7) is 5.95. The highest BCUT2D eigenvalue weighted by atomic mass is 19.2. The predicted octanol–water partition coefficient (Wildman–Crippen LogP) is 3.67. The summed E-state index contributed by atoms with van der Waals surface area (Å²) in [5.74, 6) is -5.36. The van der Waals surface area contributed by atoms with Gasteiger partial charge in [0.05, 0.1) is 0 Å². The Morgan fingerprint density at radius 2 is 1.40 bits per heavy atom. The SMILES string of the molecule is C=C(C)Cc1c(F)c(F)c(C)c(F)c1F. The molecule has 1 aromatic carbocycles. The van der Waals surface area contributed by atoms with E-state index in [4.69, 9.17) is 0 Å². The monoisotopic (exact) mass is 218 g/mol. The van der Waals surface area contributed by atoms with Crippen molar-refractivity contribution < 1.29 is 17.6 Å². The van der Waals surface area contributed by atoms with Crippen LogP contribution in [0.5, 0.6) is 0 Å². The Kier molecular flexibility index (Phi) is 3.17. The van der Waals surface area contributed by atoms with Gasteiger partial charge in [0.1, 0.15) is 0 Å². The molecule has 0 bridgehead atoms. The zero-order chi connectivity index (χ0) is 11.7. The van der Waals surface area contributed by atoms with Crippen LogP contribution >= 0.6 is 0 Å². The van der Waals surface area contributed by atoms with Gasteiger partial charge in [-0.2, -0.15) is 0 Å². The molecule has 0 aliphatic carbocycles. The number of rotatable bonds is 2. The lowest BCUT2D eigenvalue weighted by Gasteiger charge is -2.09. The van der Waals surface area contributed by atoms with Crippen molar-refractivity contribution in [2.75, 3.05) is 0 Å². The summed E-state index contributed by atoms with van der Waals surface area (Å²) in [7, 11) is 0. The molecule has 0 fully saturated rings. The molecule has 0 saturated heterocycles. The largest absolute Gasteiger partial charge is 0.203 e. The summed E-state index contributed by atoms with van der Waals surface area (Å²) in [6, 6.07) is 0. The van der Waals surface area contributed by atoms with Crippen molar-refractivity contribution in [3.8, 4) is 0 Å². The van der Waals surface area contributed by atoms with Gasteiger partial charge in [-0.05, 0) is 20.3 Å². The van der Waals surface area contributed by atoms with Gasteiger partial charge >= 0.3 is 0 Å². The topological polar surface area (TPSA) is 0 Å². The Hall–Kier alpha value is -1.32. The summed E-state index contributed by atoms with van der Waals surface area (Å²) in [5, 5.41) is 0. The van der Waals surface area contributed by atoms with Crippen molar-refractivity contribution in [2.24, 2.45) is 0 Å². The smallest absolute Gasteiger partial charge is 0.165 e. The molecule has 0 aliphatic rings. The molecule has 0 amide bonds. The van der Waals surface area contributed by atoms with Gasteiger partial charge in [0.15, 0.2) is 23.3 Å². The van der Waals surface area contributed by atoms with E-state index < -0.39 is 34.4 Å². The van der Waals surface area contributed by atoms with Crippen LogP contribution in [0.1, 0.15) is 18.1 Å². The van der Waals surface area contributed by atoms with Crippen molar-refractivity contribution >= 4 is 0 Å². The summed E-state index contributed by atoms with van der Waals surface area (Å²) < 4.78 is 52.6. The van der Waals surface area contributed by atoms with Gasteiger partial charge < -0.3 is 0 Å². The fourth-order valence-corrected chi connectivity index (χ4v) is 1.24. The van der Waals surface area contributed by atoms with Crippen LogP contribution < -0.4 is 0 Å². The number of allylic oxidation sites excluding steroid dienone is 1. The van der Waals surface area contributed by atoms with E-state index in [1.807, 2.05) is 0 Å². The molecule has 0 aromatic heterocycles. The van der Waals surface area contributed by atoms with Gasteiger partial charge in [0, 0.05) is 11.1 Å². The third-order valence-electron chi connectivity index (χ3n) is 2.05. The lowest BCUT2D eigenvalue weighted by molar-refractivity contribution is 0.433. The Labute approximate surface area is 85.2 Å². The molecule has 0 radical (unpaired) electrons. The fraction of sp³-hybridized carbons (Fsp3) is 0.273. The van der Waals surface area contributed by atoms with Gasteiger partial charge in [-0.15, -0.1) is 0 Å². The average Bonchev–Trinajstić information content (AvgIpc) is 2.18. The Balaban J connectivity index is 3.45. The van der Waals surface area contributed by atoms with E-state index in [0.717, 1.165) is 6.92 Å². The molecular formula is C11H10F4. The predicted molar refractivity (Wildman–Crippen MR) is 49.5 cm³/mol. The highest BCUT2D eigenvalue weighted by Crippen LogP contribution is 2.24. The third-order valence-corrected chi connectivity index (χ3v) is 2.05. The molecular weight excluding hydrogens is 208 g/mol. The van der Waals surface area contributed by atoms with Crippen molar-refractivity contribution in [3.63, 3.8) is 0 Å². The number of benzene rings is 1. The van der Waals surface area contributed by atoms with Crippen LogP contribution in [0.4, 0.5) is 17.6 Å². The first-order valence-electron chi connectivity index (χ1n) is 4.32. The van der Waals surface area contributed by atoms with Gasteiger partial charge in [0.25, 0.3) is 0 Å². The maximum atomic E-state index is 13.2. The molecule has 15 heavy (non-hydrogen) atoms. The Morgan fingerprint density at radius 1 is 1.00 bits per heavy atom. The van der Waals surface area contributed by atoms with E-state index in [1.54, 1.807) is 0 Å². The zero-order valence-electron chi connectivity index (χ0n) is 8.43. The minimum Gasteiger partial charge on any atom is -0.203 e. The van der Waals surface area contributed by atoms with Gasteiger partial charge in [-0.1, -0.05) is 12.2 Å². The first-order chi connectivity index (χ1) is 6.86. The van der Waals surface area contributed by atoms with Crippen LogP contribution in [0.2, 0.25) is 0 Å². The minimum atomic E-state index is -1.34. The molecule has 0 spiro atoms. The van der Waals surface area contributed by atoms with Crippen LogP contribution in [0.15, 0.2) is 12.2 Å². The second kappa shape index (κ2) is 4.04. The van der Waals surface area contributed by atoms with Crippen LogP contribution in [-0.4, -0.2) is 0 Å². The molecule has 1 aromatic rings. The van der Waals surface area contributed by atoms with Crippen LogP contribution in [-0.2, 0) is 6.42 Å². The van der Waals surface area contributed by atoms with Crippen LogP contribution in [0.3, 0.4) is 0 Å². The van der Waals surface area contributed by atoms with Crippen LogP contribution in [0, 0.1) is 30.2 Å². The number of hydrogen-bond acceptors (Lipinski definition) is 0. The molecule has 0 saturated carbocycles. The summed E-state index contributed by atoms with van der Waals surface area (Å²) in [6.07, 6.45) is -0.216. The van der Waals surface area contributed by atoms with Gasteiger partial charge in [0.2, 0.25) is 0 Å². The first kappa shape index (κ1) is 11.8. The lowest BCUT2D eigenvalue weighted by Crippen LogP contribution is -2.06.